The van der Waals surface area contributed by atoms with Gasteiger partial charge in [-0.15, -0.1) is 0 Å². The summed E-state index contributed by atoms with van der Waals surface area (Å²) in [6.45, 7) is 14.6. The molecule has 4 nitrogen and oxygen atoms in total. The summed E-state index contributed by atoms with van der Waals surface area (Å²) >= 11 is 6.64. The Morgan fingerprint density at radius 1 is 1.42 bits per heavy atom. The monoisotopic (exact) mass is 468 g/mol. The van der Waals surface area contributed by atoms with E-state index in [1.807, 2.05) is 13.8 Å². The first-order valence-corrected chi connectivity index (χ1v) is 10.8. The van der Waals surface area contributed by atoms with Crippen LogP contribution in [0.15, 0.2) is 64.1 Å². The second kappa shape index (κ2) is 11.5. The smallest absolute Gasteiger partial charge is 0.150 e. The summed E-state index contributed by atoms with van der Waals surface area (Å²) in [7, 11) is 0. The largest absolute Gasteiger partial charge is 0.375 e. The standard InChI is InChI=1S/C26H27ClF2N4/c1-7-19(14-31-8-2)25-22(29)11-16(5)24(33-25)26(23(27)15(3)4)32-17(6)20-12-18(13-30)9-10-21(20)28/h7-8,10-12,14,17-18,32H,2,5,9H2,1,3-4,6H3/b19-7+,26-24-,31-14-. The van der Waals surface area contributed by atoms with E-state index in [1.54, 1.807) is 26.0 Å². The van der Waals surface area contributed by atoms with Gasteiger partial charge in [-0.3, -0.25) is 4.99 Å². The van der Waals surface area contributed by atoms with Crippen LogP contribution in [0, 0.1) is 23.1 Å². The van der Waals surface area contributed by atoms with Crippen molar-refractivity contribution in [2.45, 2.75) is 40.2 Å². The molecule has 0 bridgehead atoms. The lowest BCUT2D eigenvalue weighted by molar-refractivity contribution is 0.582. The molecular formula is C26H27ClF2N4. The van der Waals surface area contributed by atoms with E-state index in [2.05, 4.69) is 34.5 Å². The first kappa shape index (κ1) is 26.0. The number of nitrogens with zero attached hydrogens (tertiary/aromatic N) is 3. The predicted octanol–water partition coefficient (Wildman–Crippen LogP) is 5.19. The maximum absolute atomic E-state index is 14.8. The predicted molar refractivity (Wildman–Crippen MR) is 133 cm³/mol. The van der Waals surface area contributed by atoms with E-state index in [4.69, 9.17) is 11.6 Å². The SMILES string of the molecule is C=C/N=C\C(=C/C)c1n/c(=C(\NC(C)C2=CC(C#N)CC=C2F)C(Cl)=C(C)C)c(=C)cc1F. The second-order valence-corrected chi connectivity index (χ2v) is 8.11. The van der Waals surface area contributed by atoms with Crippen molar-refractivity contribution in [1.82, 2.24) is 10.3 Å². The number of nitriles is 1. The molecule has 0 aromatic carbocycles. The van der Waals surface area contributed by atoms with Gasteiger partial charge in [0.15, 0.2) is 0 Å². The van der Waals surface area contributed by atoms with Crippen molar-refractivity contribution in [1.29, 1.82) is 5.26 Å². The van der Waals surface area contributed by atoms with Crippen LogP contribution in [0.3, 0.4) is 0 Å². The number of aliphatic imine (C=N–C) groups is 1. The van der Waals surface area contributed by atoms with Crippen LogP contribution in [-0.4, -0.2) is 17.2 Å². The van der Waals surface area contributed by atoms with Crippen LogP contribution in [0.2, 0.25) is 0 Å². The number of hydrogen-bond acceptors (Lipinski definition) is 4. The molecule has 0 saturated heterocycles. The lowest BCUT2D eigenvalue weighted by Gasteiger charge is -2.23. The van der Waals surface area contributed by atoms with Crippen molar-refractivity contribution in [2.75, 3.05) is 0 Å². The Bertz CT molecular complexity index is 1240. The molecule has 2 atom stereocenters. The van der Waals surface area contributed by atoms with Crippen LogP contribution in [0.25, 0.3) is 17.8 Å². The number of nitrogens with one attached hydrogen (secondary N) is 1. The fourth-order valence-corrected chi connectivity index (χ4v) is 3.43. The number of rotatable bonds is 7. The Labute approximate surface area is 198 Å². The van der Waals surface area contributed by atoms with Crippen molar-refractivity contribution < 1.29 is 8.78 Å². The van der Waals surface area contributed by atoms with E-state index in [0.717, 1.165) is 5.57 Å². The van der Waals surface area contributed by atoms with Crippen LogP contribution in [0.4, 0.5) is 8.78 Å². The van der Waals surface area contributed by atoms with E-state index in [1.165, 1.54) is 24.6 Å². The molecular weight excluding hydrogens is 442 g/mol. The van der Waals surface area contributed by atoms with Crippen LogP contribution in [-0.2, 0) is 0 Å². The highest BCUT2D eigenvalue weighted by molar-refractivity contribution is 6.35. The van der Waals surface area contributed by atoms with E-state index in [-0.39, 0.29) is 5.69 Å². The number of hydrogen-bond donors (Lipinski definition) is 1. The molecule has 0 radical (unpaired) electrons. The van der Waals surface area contributed by atoms with Crippen LogP contribution in [0.1, 0.15) is 39.8 Å². The zero-order valence-electron chi connectivity index (χ0n) is 19.2. The Kier molecular flexibility index (Phi) is 9.07. The molecule has 1 aromatic heterocycles. The molecule has 0 saturated carbocycles. The summed E-state index contributed by atoms with van der Waals surface area (Å²) in [4.78, 5) is 8.48. The third-order valence-corrected chi connectivity index (χ3v) is 5.62. The molecule has 1 aliphatic rings. The van der Waals surface area contributed by atoms with Gasteiger partial charge in [0.25, 0.3) is 0 Å². The van der Waals surface area contributed by atoms with Gasteiger partial charge in [-0.2, -0.15) is 5.26 Å². The summed E-state index contributed by atoms with van der Waals surface area (Å²) in [6, 6.07) is 2.88. The number of halogens is 3. The summed E-state index contributed by atoms with van der Waals surface area (Å²) in [5.41, 5.74) is 2.04. The lowest BCUT2D eigenvalue weighted by atomic mass is 9.93. The molecule has 1 N–H and O–H groups in total. The molecule has 1 heterocycles. The average Bonchev–Trinajstić information content (AvgIpc) is 2.78. The number of aromatic nitrogens is 1. The van der Waals surface area contributed by atoms with Crippen molar-refractivity contribution >= 4 is 35.7 Å². The van der Waals surface area contributed by atoms with Crippen molar-refractivity contribution in [3.8, 4) is 6.07 Å². The first-order chi connectivity index (χ1) is 15.6. The van der Waals surface area contributed by atoms with Gasteiger partial charge in [-0.05, 0) is 51.5 Å². The van der Waals surface area contributed by atoms with Crippen LogP contribution in [0.5, 0.6) is 0 Å². The van der Waals surface area contributed by atoms with Gasteiger partial charge in [0.05, 0.1) is 34.1 Å². The van der Waals surface area contributed by atoms with Crippen LogP contribution < -0.4 is 15.9 Å². The normalized spacial score (nSPS) is 18.1. The highest BCUT2D eigenvalue weighted by Crippen LogP contribution is 2.28. The molecule has 0 fully saturated rings. The van der Waals surface area contributed by atoms with Gasteiger partial charge >= 0.3 is 0 Å². The van der Waals surface area contributed by atoms with Crippen molar-refractivity contribution in [2.24, 2.45) is 10.9 Å². The summed E-state index contributed by atoms with van der Waals surface area (Å²) < 4.78 is 29.4. The maximum Gasteiger partial charge on any atom is 0.150 e. The summed E-state index contributed by atoms with van der Waals surface area (Å²) in [5, 5.41) is 13.5. The minimum Gasteiger partial charge on any atom is -0.375 e. The van der Waals surface area contributed by atoms with Gasteiger partial charge in [0, 0.05) is 23.6 Å². The van der Waals surface area contributed by atoms with E-state index in [9.17, 15) is 14.0 Å². The molecule has 0 spiro atoms. The molecule has 7 heteroatoms. The van der Waals surface area contributed by atoms with Crippen molar-refractivity contribution in [3.05, 3.63) is 81.2 Å². The minimum absolute atomic E-state index is 0.0724. The van der Waals surface area contributed by atoms with E-state index < -0.39 is 23.6 Å². The molecule has 1 aromatic rings. The Hall–Kier alpha value is -3.30. The van der Waals surface area contributed by atoms with Crippen molar-refractivity contribution in [3.63, 3.8) is 0 Å². The van der Waals surface area contributed by atoms with Gasteiger partial charge in [-0.25, -0.2) is 13.8 Å². The summed E-state index contributed by atoms with van der Waals surface area (Å²) in [5.74, 6) is -1.37. The Morgan fingerprint density at radius 3 is 2.70 bits per heavy atom. The molecule has 0 amide bonds. The molecule has 2 unspecified atom stereocenters. The highest BCUT2D eigenvalue weighted by atomic mass is 35.5. The topological polar surface area (TPSA) is 61.1 Å². The minimum atomic E-state index is -0.561. The Balaban J connectivity index is 2.76. The molecule has 2 rings (SSSR count). The lowest BCUT2D eigenvalue weighted by Crippen LogP contribution is -2.39. The highest BCUT2D eigenvalue weighted by Gasteiger charge is 2.22. The zero-order chi connectivity index (χ0) is 24.7. The summed E-state index contributed by atoms with van der Waals surface area (Å²) in [6.07, 6.45) is 7.82. The zero-order valence-corrected chi connectivity index (χ0v) is 20.0. The first-order valence-electron chi connectivity index (χ1n) is 10.4. The van der Waals surface area contributed by atoms with Gasteiger partial charge in [0.1, 0.15) is 17.3 Å². The molecule has 33 heavy (non-hydrogen) atoms. The second-order valence-electron chi connectivity index (χ2n) is 7.73. The number of allylic oxidation sites excluding steroid dienone is 5. The van der Waals surface area contributed by atoms with Gasteiger partial charge in [-0.1, -0.05) is 42.5 Å². The fraction of sp³-hybridized carbons (Fsp3) is 0.269. The molecule has 172 valence electrons. The molecule has 0 aliphatic heterocycles. The Morgan fingerprint density at radius 2 is 2.12 bits per heavy atom. The quantitative estimate of drug-likeness (QED) is 0.560. The third kappa shape index (κ3) is 6.15. The van der Waals surface area contributed by atoms with E-state index in [0.29, 0.717) is 38.9 Å². The number of pyridine rings is 1. The molecule has 1 aliphatic carbocycles. The van der Waals surface area contributed by atoms with Gasteiger partial charge in [0.2, 0.25) is 0 Å². The third-order valence-electron chi connectivity index (χ3n) is 5.05. The van der Waals surface area contributed by atoms with E-state index >= 15 is 0 Å². The maximum atomic E-state index is 14.8. The fourth-order valence-electron chi connectivity index (χ4n) is 3.28. The van der Waals surface area contributed by atoms with Crippen LogP contribution >= 0.6 is 11.6 Å². The van der Waals surface area contributed by atoms with Gasteiger partial charge < -0.3 is 5.32 Å². The average molecular weight is 469 g/mol.